The Morgan fingerprint density at radius 3 is 2.67 bits per heavy atom. The lowest BCUT2D eigenvalue weighted by molar-refractivity contribution is -0.126. The van der Waals surface area contributed by atoms with Crippen LogP contribution in [0.2, 0.25) is 5.02 Å². The Hall–Kier alpha value is -3.21. The third-order valence-electron chi connectivity index (χ3n) is 5.19. The molecule has 0 aliphatic heterocycles. The SMILES string of the molecule is C[C@@H](OCc1cc(-c2ccc(Cl)c(F)c2)no1)[C@](O)(Cn1cncn1)c1ccc(F)cc1F. The Morgan fingerprint density at radius 2 is 1.97 bits per heavy atom. The summed E-state index contributed by atoms with van der Waals surface area (Å²) in [6, 6.07) is 8.65. The highest BCUT2D eigenvalue weighted by molar-refractivity contribution is 6.30. The Labute approximate surface area is 191 Å². The van der Waals surface area contributed by atoms with Gasteiger partial charge in [0.15, 0.2) is 5.76 Å². The molecule has 11 heteroatoms. The van der Waals surface area contributed by atoms with E-state index in [-0.39, 0.29) is 29.5 Å². The second kappa shape index (κ2) is 9.34. The number of hydrogen-bond acceptors (Lipinski definition) is 6. The first-order valence-corrected chi connectivity index (χ1v) is 10.2. The Balaban J connectivity index is 1.54. The van der Waals surface area contributed by atoms with Crippen molar-refractivity contribution in [2.24, 2.45) is 0 Å². The summed E-state index contributed by atoms with van der Waals surface area (Å²) < 4.78 is 54.1. The molecule has 4 aromatic rings. The van der Waals surface area contributed by atoms with Gasteiger partial charge in [-0.3, -0.25) is 0 Å². The topological polar surface area (TPSA) is 86.2 Å². The van der Waals surface area contributed by atoms with E-state index >= 15 is 0 Å². The standard InChI is InChI=1S/C22H18ClF3N4O3/c1-13(32-9-16-8-21(29-33-16)14-2-5-18(23)20(26)6-14)22(31,10-30-12-27-11-28-30)17-4-3-15(24)7-19(17)25/h2-8,11-13,31H,9-10H2,1H3/t13-,22-/m1/s1. The van der Waals surface area contributed by atoms with E-state index in [0.717, 1.165) is 12.1 Å². The molecule has 172 valence electrons. The lowest BCUT2D eigenvalue weighted by atomic mass is 9.88. The largest absolute Gasteiger partial charge is 0.380 e. The monoisotopic (exact) mass is 478 g/mol. The molecule has 2 heterocycles. The molecule has 1 N–H and O–H groups in total. The normalized spacial score (nSPS) is 14.2. The van der Waals surface area contributed by atoms with E-state index in [1.165, 1.54) is 36.4 Å². The van der Waals surface area contributed by atoms with Crippen molar-refractivity contribution in [3.05, 3.63) is 88.9 Å². The van der Waals surface area contributed by atoms with E-state index in [1.54, 1.807) is 12.1 Å². The first kappa shape index (κ1) is 23.0. The van der Waals surface area contributed by atoms with Crippen LogP contribution in [0.4, 0.5) is 13.2 Å². The van der Waals surface area contributed by atoms with Gasteiger partial charge >= 0.3 is 0 Å². The summed E-state index contributed by atoms with van der Waals surface area (Å²) in [5.74, 6) is -2.02. The lowest BCUT2D eigenvalue weighted by Gasteiger charge is -2.34. The van der Waals surface area contributed by atoms with Crippen LogP contribution in [0.25, 0.3) is 11.3 Å². The predicted octanol–water partition coefficient (Wildman–Crippen LogP) is 4.50. The number of rotatable bonds is 8. The molecule has 33 heavy (non-hydrogen) atoms. The molecule has 0 saturated carbocycles. The first-order valence-electron chi connectivity index (χ1n) is 9.79. The maximum absolute atomic E-state index is 14.6. The molecule has 0 radical (unpaired) electrons. The summed E-state index contributed by atoms with van der Waals surface area (Å²) in [4.78, 5) is 3.82. The van der Waals surface area contributed by atoms with E-state index < -0.39 is 29.2 Å². The lowest BCUT2D eigenvalue weighted by Crippen LogP contribution is -2.44. The van der Waals surface area contributed by atoms with Crippen LogP contribution in [0.15, 0.2) is 59.6 Å². The maximum Gasteiger partial charge on any atom is 0.163 e. The fourth-order valence-electron chi connectivity index (χ4n) is 3.35. The molecule has 0 aliphatic carbocycles. The quantitative estimate of drug-likeness (QED) is 0.401. The smallest absolute Gasteiger partial charge is 0.163 e. The molecule has 2 aromatic carbocycles. The highest BCUT2D eigenvalue weighted by Crippen LogP contribution is 2.32. The van der Waals surface area contributed by atoms with E-state index in [4.69, 9.17) is 20.9 Å². The summed E-state index contributed by atoms with van der Waals surface area (Å²) in [5.41, 5.74) is -1.27. The molecule has 0 spiro atoms. The van der Waals surface area contributed by atoms with Gasteiger partial charge in [-0.25, -0.2) is 22.8 Å². The van der Waals surface area contributed by atoms with Gasteiger partial charge in [-0.05, 0) is 25.1 Å². The second-order valence-electron chi connectivity index (χ2n) is 7.40. The van der Waals surface area contributed by atoms with Crippen molar-refractivity contribution < 1.29 is 27.5 Å². The molecular formula is C22H18ClF3N4O3. The number of nitrogens with zero attached hydrogens (tertiary/aromatic N) is 4. The van der Waals surface area contributed by atoms with Crippen LogP contribution in [-0.4, -0.2) is 31.1 Å². The zero-order valence-corrected chi connectivity index (χ0v) is 18.0. The minimum absolute atomic E-state index is 0.0145. The van der Waals surface area contributed by atoms with Crippen LogP contribution in [0.3, 0.4) is 0 Å². The number of benzene rings is 2. The summed E-state index contributed by atoms with van der Waals surface area (Å²) >= 11 is 5.70. The average molecular weight is 479 g/mol. The fourth-order valence-corrected chi connectivity index (χ4v) is 3.47. The van der Waals surface area contributed by atoms with Crippen LogP contribution in [-0.2, 0) is 23.5 Å². The summed E-state index contributed by atoms with van der Waals surface area (Å²) in [6.07, 6.45) is 1.62. The van der Waals surface area contributed by atoms with Gasteiger partial charge in [-0.2, -0.15) is 5.10 Å². The Bertz CT molecular complexity index is 1250. The van der Waals surface area contributed by atoms with Crippen LogP contribution in [0.5, 0.6) is 0 Å². The van der Waals surface area contributed by atoms with Gasteiger partial charge in [0.1, 0.15) is 48.0 Å². The Kier molecular flexibility index (Phi) is 6.50. The van der Waals surface area contributed by atoms with E-state index in [1.807, 2.05) is 0 Å². The summed E-state index contributed by atoms with van der Waals surface area (Å²) in [6.45, 7) is 1.20. The van der Waals surface area contributed by atoms with Crippen molar-refractivity contribution in [1.29, 1.82) is 0 Å². The van der Waals surface area contributed by atoms with Crippen molar-refractivity contribution in [2.75, 3.05) is 0 Å². The summed E-state index contributed by atoms with van der Waals surface area (Å²) in [5, 5.41) is 19.3. The van der Waals surface area contributed by atoms with Crippen molar-refractivity contribution in [1.82, 2.24) is 19.9 Å². The van der Waals surface area contributed by atoms with Crippen molar-refractivity contribution >= 4 is 11.6 Å². The van der Waals surface area contributed by atoms with Gasteiger partial charge in [-0.1, -0.05) is 28.9 Å². The average Bonchev–Trinajstić information content (AvgIpc) is 3.46. The van der Waals surface area contributed by atoms with Gasteiger partial charge in [0, 0.05) is 23.3 Å². The molecule has 0 unspecified atom stereocenters. The maximum atomic E-state index is 14.6. The number of halogens is 4. The fraction of sp³-hybridized carbons (Fsp3) is 0.227. The van der Waals surface area contributed by atoms with Gasteiger partial charge < -0.3 is 14.4 Å². The van der Waals surface area contributed by atoms with Crippen LogP contribution >= 0.6 is 11.6 Å². The predicted molar refractivity (Wildman–Crippen MR) is 111 cm³/mol. The minimum atomic E-state index is -1.92. The zero-order chi connectivity index (χ0) is 23.6. The number of ether oxygens (including phenoxy) is 1. The van der Waals surface area contributed by atoms with Gasteiger partial charge in [-0.15, -0.1) is 0 Å². The zero-order valence-electron chi connectivity index (χ0n) is 17.3. The van der Waals surface area contributed by atoms with Crippen molar-refractivity contribution in [2.45, 2.75) is 31.8 Å². The molecule has 2 atom stereocenters. The minimum Gasteiger partial charge on any atom is -0.380 e. The molecule has 0 aliphatic rings. The summed E-state index contributed by atoms with van der Waals surface area (Å²) in [7, 11) is 0. The van der Waals surface area contributed by atoms with Gasteiger partial charge in [0.05, 0.1) is 17.7 Å². The van der Waals surface area contributed by atoms with Crippen LogP contribution in [0, 0.1) is 17.5 Å². The highest BCUT2D eigenvalue weighted by Gasteiger charge is 2.40. The van der Waals surface area contributed by atoms with Crippen molar-refractivity contribution in [3.63, 3.8) is 0 Å². The second-order valence-corrected chi connectivity index (χ2v) is 7.81. The number of aromatic nitrogens is 4. The van der Waals surface area contributed by atoms with E-state index in [0.29, 0.717) is 17.3 Å². The van der Waals surface area contributed by atoms with Crippen LogP contribution in [0.1, 0.15) is 18.2 Å². The van der Waals surface area contributed by atoms with Gasteiger partial charge in [0.2, 0.25) is 0 Å². The third kappa shape index (κ3) is 4.92. The molecule has 0 bridgehead atoms. The molecule has 0 fully saturated rings. The molecule has 0 saturated heterocycles. The third-order valence-corrected chi connectivity index (χ3v) is 5.50. The highest BCUT2D eigenvalue weighted by atomic mass is 35.5. The molecule has 7 nitrogen and oxygen atoms in total. The molecule has 0 amide bonds. The molecule has 4 rings (SSSR count). The molecular weight excluding hydrogens is 461 g/mol. The van der Waals surface area contributed by atoms with E-state index in [9.17, 15) is 18.3 Å². The van der Waals surface area contributed by atoms with Gasteiger partial charge in [0.25, 0.3) is 0 Å². The first-order chi connectivity index (χ1) is 15.8. The Morgan fingerprint density at radius 1 is 1.15 bits per heavy atom. The number of hydrogen-bond donors (Lipinski definition) is 1. The van der Waals surface area contributed by atoms with Crippen molar-refractivity contribution in [3.8, 4) is 11.3 Å². The van der Waals surface area contributed by atoms with Crippen LogP contribution < -0.4 is 0 Å². The number of aliphatic hydroxyl groups is 1. The molecule has 2 aromatic heterocycles. The van der Waals surface area contributed by atoms with E-state index in [2.05, 4.69) is 15.2 Å².